The third kappa shape index (κ3) is 33.9. The number of rotatable bonds is 4. The summed E-state index contributed by atoms with van der Waals surface area (Å²) >= 11 is 0. The van der Waals surface area contributed by atoms with E-state index in [0.717, 1.165) is 25.7 Å². The molecule has 2 unspecified atom stereocenters. The van der Waals surface area contributed by atoms with E-state index in [4.69, 9.17) is 0 Å². The topological polar surface area (TPSA) is 46.1 Å². The normalized spacial score (nSPS) is 11.0. The summed E-state index contributed by atoms with van der Waals surface area (Å²) in [4.78, 5) is 0. The molecule has 23 heavy (non-hydrogen) atoms. The molecule has 2 rings (SSSR count). The van der Waals surface area contributed by atoms with Crippen molar-refractivity contribution in [1.82, 2.24) is 0 Å². The molecule has 0 aliphatic rings. The molecule has 0 aliphatic carbocycles. The Kier molecular flexibility index (Phi) is 27.9. The Morgan fingerprint density at radius 1 is 0.696 bits per heavy atom. The first kappa shape index (κ1) is 27.2. The Hall–Kier alpha value is -0.666. The zero-order chi connectivity index (χ0) is 17.1. The minimum Gasteiger partial charge on any atom is -0.852 e. The molecule has 0 spiro atoms. The van der Waals surface area contributed by atoms with E-state index in [1.807, 2.05) is 74.5 Å². The predicted molar refractivity (Wildman–Crippen MR) is 92.8 cm³/mol. The van der Waals surface area contributed by atoms with E-state index in [2.05, 4.69) is 0 Å². The summed E-state index contributed by atoms with van der Waals surface area (Å²) in [6.07, 6.45) is 2.97. The monoisotopic (exact) mass is 352 g/mol. The van der Waals surface area contributed by atoms with Gasteiger partial charge in [-0.25, -0.2) is 24.3 Å². The average Bonchev–Trinajstić information content (AvgIpc) is 3.19. The van der Waals surface area contributed by atoms with Crippen molar-refractivity contribution in [2.75, 3.05) is 0 Å². The van der Waals surface area contributed by atoms with Gasteiger partial charge >= 0.3 is 21.7 Å². The summed E-state index contributed by atoms with van der Waals surface area (Å²) in [5, 5.41) is 20.3. The second kappa shape index (κ2) is 23.6. The van der Waals surface area contributed by atoms with Gasteiger partial charge < -0.3 is 10.2 Å². The second-order valence-corrected chi connectivity index (χ2v) is 5.12. The summed E-state index contributed by atoms with van der Waals surface area (Å²) in [6.45, 7) is 7.44. The van der Waals surface area contributed by atoms with Gasteiger partial charge in [0.2, 0.25) is 0 Å². The van der Waals surface area contributed by atoms with Gasteiger partial charge in [0.15, 0.2) is 0 Å². The van der Waals surface area contributed by atoms with Crippen LogP contribution >= 0.6 is 0 Å². The molecule has 0 N–H and O–H groups in total. The molecule has 0 fully saturated rings. The molecule has 2 aromatic rings. The molecule has 2 aromatic carbocycles. The molecule has 2 nitrogen and oxygen atoms in total. The summed E-state index contributed by atoms with van der Waals surface area (Å²) in [5.41, 5.74) is 0. The van der Waals surface area contributed by atoms with Crippen molar-refractivity contribution >= 4 is 0 Å². The maximum Gasteiger partial charge on any atom is 4.00 e. The van der Waals surface area contributed by atoms with Crippen LogP contribution in [0.5, 0.6) is 0 Å². The van der Waals surface area contributed by atoms with E-state index in [0.29, 0.717) is 0 Å². The molecule has 3 heteroatoms. The van der Waals surface area contributed by atoms with Gasteiger partial charge in [-0.1, -0.05) is 53.4 Å². The van der Waals surface area contributed by atoms with Crippen molar-refractivity contribution < 1.29 is 31.9 Å². The van der Waals surface area contributed by atoms with E-state index < -0.39 is 0 Å². The fourth-order valence-corrected chi connectivity index (χ4v) is 1.45. The summed E-state index contributed by atoms with van der Waals surface area (Å²) in [6, 6.07) is 20.0. The third-order valence-corrected chi connectivity index (χ3v) is 2.50. The molecular formula is C20H32O2Ti. The molecule has 0 heterocycles. The quantitative estimate of drug-likeness (QED) is 0.619. The molecule has 0 saturated heterocycles. The first-order chi connectivity index (χ1) is 10.5. The maximum atomic E-state index is 10.1. The van der Waals surface area contributed by atoms with Crippen molar-refractivity contribution in [3.8, 4) is 0 Å². The molecule has 0 amide bonds. The van der Waals surface area contributed by atoms with E-state index >= 15 is 0 Å². The van der Waals surface area contributed by atoms with E-state index in [1.165, 1.54) is 0 Å². The van der Waals surface area contributed by atoms with Gasteiger partial charge in [0.05, 0.1) is 0 Å². The van der Waals surface area contributed by atoms with Crippen molar-refractivity contribution in [2.45, 2.75) is 65.6 Å². The SMILES string of the molecule is CCCC(C)[O-].CCCC(C)[O-].[Ti+4].c1cc[cH-]c1.c1cc[cH-]c1. The summed E-state index contributed by atoms with van der Waals surface area (Å²) in [5.74, 6) is 0. The van der Waals surface area contributed by atoms with Crippen LogP contribution in [0.15, 0.2) is 60.7 Å². The second-order valence-electron chi connectivity index (χ2n) is 5.12. The van der Waals surface area contributed by atoms with Crippen molar-refractivity contribution in [2.24, 2.45) is 0 Å². The Morgan fingerprint density at radius 2 is 0.957 bits per heavy atom. The first-order valence-corrected chi connectivity index (χ1v) is 8.19. The molecule has 0 aliphatic heterocycles. The standard InChI is InChI=1S/2C5H11O.2C5H5.Ti/c2*1-3-4-5(2)6;2*1-2-4-5-3-1;/h2*5H,3-4H2,1-2H3;2*1-5H;/q4*-1;+4. The van der Waals surface area contributed by atoms with E-state index in [1.54, 1.807) is 13.8 Å². The van der Waals surface area contributed by atoms with Gasteiger partial charge in [-0.15, -0.1) is 12.2 Å². The Bertz CT molecular complexity index is 269. The van der Waals surface area contributed by atoms with Gasteiger partial charge in [-0.2, -0.15) is 36.4 Å². The molecule has 0 saturated carbocycles. The van der Waals surface area contributed by atoms with Crippen LogP contribution in [0.1, 0.15) is 53.4 Å². The smallest absolute Gasteiger partial charge is 0.852 e. The van der Waals surface area contributed by atoms with Gasteiger partial charge in [-0.3, -0.25) is 0 Å². The van der Waals surface area contributed by atoms with E-state index in [-0.39, 0.29) is 33.9 Å². The van der Waals surface area contributed by atoms with Crippen molar-refractivity contribution in [3.05, 3.63) is 60.7 Å². The molecular weight excluding hydrogens is 320 g/mol. The summed E-state index contributed by atoms with van der Waals surface area (Å²) < 4.78 is 0. The maximum absolute atomic E-state index is 10.1. The summed E-state index contributed by atoms with van der Waals surface area (Å²) in [7, 11) is 0. The Balaban J connectivity index is -0.000000229. The van der Waals surface area contributed by atoms with Gasteiger partial charge in [0.1, 0.15) is 0 Å². The molecule has 0 radical (unpaired) electrons. The van der Waals surface area contributed by atoms with Crippen LogP contribution in [-0.2, 0) is 21.7 Å². The zero-order valence-electron chi connectivity index (χ0n) is 15.1. The van der Waals surface area contributed by atoms with Crippen LogP contribution in [0.4, 0.5) is 0 Å². The predicted octanol–water partition coefficient (Wildman–Crippen LogP) is 3.88. The minimum absolute atomic E-state index is 0. The van der Waals surface area contributed by atoms with Crippen molar-refractivity contribution in [1.29, 1.82) is 0 Å². The average molecular weight is 352 g/mol. The Morgan fingerprint density at radius 3 is 1.00 bits per heavy atom. The molecule has 0 bridgehead atoms. The molecule has 128 valence electrons. The molecule has 2 atom stereocenters. The van der Waals surface area contributed by atoms with Gasteiger partial charge in [0, 0.05) is 0 Å². The van der Waals surface area contributed by atoms with Crippen LogP contribution in [-0.4, -0.2) is 12.2 Å². The third-order valence-electron chi connectivity index (χ3n) is 2.50. The van der Waals surface area contributed by atoms with Gasteiger partial charge in [0.25, 0.3) is 0 Å². The number of hydrogen-bond acceptors (Lipinski definition) is 2. The van der Waals surface area contributed by atoms with Crippen LogP contribution in [0.25, 0.3) is 0 Å². The minimum atomic E-state index is -0.352. The van der Waals surface area contributed by atoms with Crippen LogP contribution in [0.2, 0.25) is 0 Å². The Labute approximate surface area is 158 Å². The largest absolute Gasteiger partial charge is 4.00 e. The zero-order valence-corrected chi connectivity index (χ0v) is 16.6. The van der Waals surface area contributed by atoms with Crippen LogP contribution in [0, 0.1) is 0 Å². The van der Waals surface area contributed by atoms with Gasteiger partial charge in [-0.05, 0) is 0 Å². The van der Waals surface area contributed by atoms with Crippen LogP contribution in [0.3, 0.4) is 0 Å². The van der Waals surface area contributed by atoms with Crippen LogP contribution < -0.4 is 10.2 Å². The first-order valence-electron chi connectivity index (χ1n) is 8.19. The number of hydrogen-bond donors (Lipinski definition) is 0. The fourth-order valence-electron chi connectivity index (χ4n) is 1.45. The van der Waals surface area contributed by atoms with Crippen molar-refractivity contribution in [3.63, 3.8) is 0 Å². The fraction of sp³-hybridized carbons (Fsp3) is 0.500. The molecule has 0 aromatic heterocycles. The van der Waals surface area contributed by atoms with E-state index in [9.17, 15) is 10.2 Å².